The molecule has 0 aromatic carbocycles. The van der Waals surface area contributed by atoms with E-state index in [-0.39, 0.29) is 11.9 Å². The van der Waals surface area contributed by atoms with E-state index in [0.29, 0.717) is 5.92 Å². The average molecular weight is 172 g/mol. The van der Waals surface area contributed by atoms with Crippen LogP contribution >= 0.6 is 0 Å². The molecule has 12 heavy (non-hydrogen) atoms. The van der Waals surface area contributed by atoms with Crippen LogP contribution in [0.2, 0.25) is 0 Å². The Kier molecular flexibility index (Phi) is 3.53. The Morgan fingerprint density at radius 3 is 2.92 bits per heavy atom. The van der Waals surface area contributed by atoms with Crippen molar-refractivity contribution >= 4 is 5.97 Å². The van der Waals surface area contributed by atoms with E-state index in [1.165, 1.54) is 7.11 Å². The van der Waals surface area contributed by atoms with Gasteiger partial charge in [-0.1, -0.05) is 0 Å². The fraction of sp³-hybridized carbons (Fsp3) is 0.889. The van der Waals surface area contributed by atoms with E-state index in [4.69, 9.17) is 4.74 Å². The molecule has 0 aromatic heterocycles. The largest absolute Gasteiger partial charge is 0.469 e. The number of carbonyl (C=O) groups excluding carboxylic acids is 1. The maximum absolute atomic E-state index is 11.0. The Morgan fingerprint density at radius 1 is 1.58 bits per heavy atom. The van der Waals surface area contributed by atoms with Gasteiger partial charge in [-0.3, -0.25) is 4.79 Å². The highest BCUT2D eigenvalue weighted by atomic mass is 16.5. The number of hydrogen-bond acceptors (Lipinski definition) is 3. The Morgan fingerprint density at radius 2 is 2.33 bits per heavy atom. The third kappa shape index (κ3) is 2.48. The van der Waals surface area contributed by atoms with Crippen molar-refractivity contribution in [2.24, 2.45) is 11.8 Å². The molecule has 0 aromatic rings. The van der Waals surface area contributed by atoms with Crippen molar-refractivity contribution in [1.29, 1.82) is 0 Å². The highest BCUT2D eigenvalue weighted by Crippen LogP contribution is 2.41. The molecule has 0 amide bonds. The summed E-state index contributed by atoms with van der Waals surface area (Å²) in [7, 11) is 1.44. The van der Waals surface area contributed by atoms with Crippen LogP contribution in [0.15, 0.2) is 0 Å². The van der Waals surface area contributed by atoms with Crippen LogP contribution in [0.3, 0.4) is 0 Å². The molecule has 2 unspecified atom stereocenters. The highest BCUT2D eigenvalue weighted by Gasteiger charge is 2.43. The van der Waals surface area contributed by atoms with Crippen molar-refractivity contribution < 1.29 is 14.3 Å². The van der Waals surface area contributed by atoms with E-state index in [1.54, 1.807) is 0 Å². The van der Waals surface area contributed by atoms with Crippen molar-refractivity contribution in [2.45, 2.75) is 19.8 Å². The minimum absolute atomic E-state index is 0.0588. The molecule has 0 saturated heterocycles. The van der Waals surface area contributed by atoms with Crippen LogP contribution in [0.25, 0.3) is 0 Å². The predicted octanol–water partition coefficient (Wildman–Crippen LogP) is 1.22. The minimum atomic E-state index is -0.0588. The molecule has 1 saturated carbocycles. The molecule has 1 rings (SSSR count). The van der Waals surface area contributed by atoms with E-state index >= 15 is 0 Å². The van der Waals surface area contributed by atoms with Crippen LogP contribution in [-0.4, -0.2) is 26.3 Å². The summed E-state index contributed by atoms with van der Waals surface area (Å²) in [5, 5.41) is 0. The first kappa shape index (κ1) is 9.52. The van der Waals surface area contributed by atoms with Gasteiger partial charge in [-0.15, -0.1) is 0 Å². The fourth-order valence-electron chi connectivity index (χ4n) is 1.39. The molecule has 0 N–H and O–H groups in total. The first-order chi connectivity index (χ1) is 5.79. The van der Waals surface area contributed by atoms with Crippen molar-refractivity contribution in [1.82, 2.24) is 0 Å². The van der Waals surface area contributed by atoms with Gasteiger partial charge in [-0.25, -0.2) is 0 Å². The normalized spacial score (nSPS) is 26.8. The van der Waals surface area contributed by atoms with Crippen LogP contribution in [0.1, 0.15) is 19.8 Å². The predicted molar refractivity (Wildman–Crippen MR) is 44.7 cm³/mol. The lowest BCUT2D eigenvalue weighted by Crippen LogP contribution is -2.05. The van der Waals surface area contributed by atoms with E-state index in [0.717, 1.165) is 26.1 Å². The third-order valence-corrected chi connectivity index (χ3v) is 2.26. The molecule has 0 spiro atoms. The van der Waals surface area contributed by atoms with E-state index in [2.05, 4.69) is 4.74 Å². The quantitative estimate of drug-likeness (QED) is 0.462. The maximum Gasteiger partial charge on any atom is 0.308 e. The van der Waals surface area contributed by atoms with Gasteiger partial charge < -0.3 is 9.47 Å². The van der Waals surface area contributed by atoms with Crippen molar-refractivity contribution in [2.75, 3.05) is 20.3 Å². The maximum atomic E-state index is 11.0. The zero-order chi connectivity index (χ0) is 8.97. The Labute approximate surface area is 73.0 Å². The first-order valence-corrected chi connectivity index (χ1v) is 4.45. The fourth-order valence-corrected chi connectivity index (χ4v) is 1.39. The van der Waals surface area contributed by atoms with Crippen LogP contribution in [-0.2, 0) is 14.3 Å². The number of carbonyl (C=O) groups is 1. The molecule has 0 radical (unpaired) electrons. The van der Waals surface area contributed by atoms with E-state index < -0.39 is 0 Å². The molecule has 0 bridgehead atoms. The smallest absolute Gasteiger partial charge is 0.308 e. The van der Waals surface area contributed by atoms with Crippen LogP contribution in [0.4, 0.5) is 0 Å². The summed E-state index contributed by atoms with van der Waals surface area (Å²) in [4.78, 5) is 11.0. The zero-order valence-corrected chi connectivity index (χ0v) is 7.71. The highest BCUT2D eigenvalue weighted by molar-refractivity contribution is 5.75. The van der Waals surface area contributed by atoms with Gasteiger partial charge in [0, 0.05) is 13.2 Å². The SMILES string of the molecule is CCOCCC1CC1C(=O)OC. The standard InChI is InChI=1S/C9H16O3/c1-3-12-5-4-7-6-8(7)9(10)11-2/h7-8H,3-6H2,1-2H3. The molecule has 0 aliphatic heterocycles. The molecular weight excluding hydrogens is 156 g/mol. The lowest BCUT2D eigenvalue weighted by molar-refractivity contribution is -0.142. The summed E-state index contributed by atoms with van der Waals surface area (Å²) in [6.45, 7) is 3.51. The Bertz CT molecular complexity index is 156. The lowest BCUT2D eigenvalue weighted by Gasteiger charge is -1.99. The number of methoxy groups -OCH3 is 1. The molecule has 2 atom stereocenters. The van der Waals surface area contributed by atoms with E-state index in [9.17, 15) is 4.79 Å². The van der Waals surface area contributed by atoms with Gasteiger partial charge in [0.25, 0.3) is 0 Å². The van der Waals surface area contributed by atoms with Gasteiger partial charge in [0.05, 0.1) is 13.0 Å². The molecule has 3 heteroatoms. The second kappa shape index (κ2) is 4.45. The molecular formula is C9H16O3. The lowest BCUT2D eigenvalue weighted by atomic mass is 10.2. The molecule has 1 fully saturated rings. The van der Waals surface area contributed by atoms with Gasteiger partial charge in [0.1, 0.15) is 0 Å². The van der Waals surface area contributed by atoms with Crippen LogP contribution < -0.4 is 0 Å². The van der Waals surface area contributed by atoms with Crippen LogP contribution in [0.5, 0.6) is 0 Å². The summed E-state index contributed by atoms with van der Waals surface area (Å²) < 4.78 is 9.82. The van der Waals surface area contributed by atoms with Gasteiger partial charge in [0.2, 0.25) is 0 Å². The monoisotopic (exact) mass is 172 g/mol. The average Bonchev–Trinajstić information content (AvgIpc) is 2.83. The molecule has 1 aliphatic rings. The zero-order valence-electron chi connectivity index (χ0n) is 7.71. The van der Waals surface area contributed by atoms with Crippen molar-refractivity contribution in [3.8, 4) is 0 Å². The van der Waals surface area contributed by atoms with Gasteiger partial charge in [0.15, 0.2) is 0 Å². The van der Waals surface area contributed by atoms with Gasteiger partial charge in [-0.2, -0.15) is 0 Å². The number of ether oxygens (including phenoxy) is 2. The second-order valence-corrected chi connectivity index (χ2v) is 3.11. The molecule has 0 heterocycles. The summed E-state index contributed by atoms with van der Waals surface area (Å²) in [5.41, 5.74) is 0. The molecule has 1 aliphatic carbocycles. The summed E-state index contributed by atoms with van der Waals surface area (Å²) >= 11 is 0. The third-order valence-electron chi connectivity index (χ3n) is 2.26. The first-order valence-electron chi connectivity index (χ1n) is 4.45. The minimum Gasteiger partial charge on any atom is -0.469 e. The van der Waals surface area contributed by atoms with Crippen LogP contribution in [0, 0.1) is 11.8 Å². The van der Waals surface area contributed by atoms with Crippen molar-refractivity contribution in [3.63, 3.8) is 0 Å². The Hall–Kier alpha value is -0.570. The number of rotatable bonds is 5. The number of hydrogen-bond donors (Lipinski definition) is 0. The van der Waals surface area contributed by atoms with Gasteiger partial charge >= 0.3 is 5.97 Å². The summed E-state index contributed by atoms with van der Waals surface area (Å²) in [6, 6.07) is 0. The van der Waals surface area contributed by atoms with E-state index in [1.807, 2.05) is 6.92 Å². The van der Waals surface area contributed by atoms with Gasteiger partial charge in [-0.05, 0) is 25.7 Å². The Balaban J connectivity index is 2.04. The van der Waals surface area contributed by atoms with Crippen molar-refractivity contribution in [3.05, 3.63) is 0 Å². The molecule has 70 valence electrons. The summed E-state index contributed by atoms with van der Waals surface area (Å²) in [6.07, 6.45) is 1.98. The molecule has 3 nitrogen and oxygen atoms in total. The number of esters is 1. The summed E-state index contributed by atoms with van der Waals surface area (Å²) in [5.74, 6) is 0.621. The topological polar surface area (TPSA) is 35.5 Å². The second-order valence-electron chi connectivity index (χ2n) is 3.11.